The number of hydrogen-bond donors (Lipinski definition) is 0. The summed E-state index contributed by atoms with van der Waals surface area (Å²) in [5, 5.41) is 1.56. The Morgan fingerprint density at radius 3 is 2.19 bits per heavy atom. The molecule has 1 saturated heterocycles. The normalized spacial score (nSPS) is 18.0. The summed E-state index contributed by atoms with van der Waals surface area (Å²) in [4.78, 5) is 24.3. The first kappa shape index (κ1) is 21.8. The molecule has 0 unspecified atom stereocenters. The van der Waals surface area contributed by atoms with E-state index in [1.54, 1.807) is 0 Å². The van der Waals surface area contributed by atoms with Gasteiger partial charge in [0.15, 0.2) is 5.17 Å². The van der Waals surface area contributed by atoms with Crippen LogP contribution in [-0.4, -0.2) is 55.2 Å². The molecule has 2 aromatic rings. The molecule has 2 aromatic carbocycles. The topological polar surface area (TPSA) is 39.1 Å². The second-order valence-electron chi connectivity index (χ2n) is 7.52. The molecule has 0 atom stereocenters. The lowest BCUT2D eigenvalue weighted by Crippen LogP contribution is -2.47. The quantitative estimate of drug-likeness (QED) is 0.596. The predicted octanol–water partition coefficient (Wildman–Crippen LogP) is 4.98. The van der Waals surface area contributed by atoms with Crippen LogP contribution in [0.5, 0.6) is 0 Å². The van der Waals surface area contributed by atoms with Crippen molar-refractivity contribution in [3.05, 3.63) is 64.0 Å². The highest BCUT2D eigenvalue weighted by Gasteiger charge is 2.28. The summed E-state index contributed by atoms with van der Waals surface area (Å²) in [6.07, 6.45) is 1.94. The van der Waals surface area contributed by atoms with Crippen LogP contribution in [0.1, 0.15) is 19.4 Å². The maximum atomic E-state index is 12.5. The molecule has 7 heteroatoms. The van der Waals surface area contributed by atoms with Crippen molar-refractivity contribution < 1.29 is 4.79 Å². The van der Waals surface area contributed by atoms with Gasteiger partial charge < -0.3 is 14.7 Å². The Bertz CT molecular complexity index is 976. The molecule has 0 aliphatic carbocycles. The van der Waals surface area contributed by atoms with Gasteiger partial charge in [0.2, 0.25) is 0 Å². The Morgan fingerprint density at radius 1 is 0.968 bits per heavy atom. The number of rotatable bonds is 5. The summed E-state index contributed by atoms with van der Waals surface area (Å²) in [7, 11) is 0. The SMILES string of the molecule is CCN(CC)c1ccc(/C=C2\SC(N3CCN(c4ccc(Cl)cc4)CC3)=NC2=O)cc1. The summed E-state index contributed by atoms with van der Waals surface area (Å²) >= 11 is 7.48. The molecule has 1 amide bonds. The van der Waals surface area contributed by atoms with Crippen molar-refractivity contribution in [1.82, 2.24) is 4.90 Å². The van der Waals surface area contributed by atoms with Crippen LogP contribution in [0.25, 0.3) is 6.08 Å². The van der Waals surface area contributed by atoms with Crippen molar-refractivity contribution in [1.29, 1.82) is 0 Å². The molecule has 0 saturated carbocycles. The van der Waals surface area contributed by atoms with E-state index in [0.717, 1.165) is 55.0 Å². The number of carbonyl (C=O) groups is 1. The summed E-state index contributed by atoms with van der Waals surface area (Å²) in [5.74, 6) is -0.145. The van der Waals surface area contributed by atoms with Crippen LogP contribution in [0.2, 0.25) is 5.02 Å². The minimum absolute atomic E-state index is 0.145. The number of anilines is 2. The van der Waals surface area contributed by atoms with Crippen molar-refractivity contribution in [2.45, 2.75) is 13.8 Å². The fraction of sp³-hybridized carbons (Fsp3) is 0.333. The summed E-state index contributed by atoms with van der Waals surface area (Å²) in [5.41, 5.74) is 3.40. The molecule has 1 fully saturated rings. The van der Waals surface area contributed by atoms with E-state index in [9.17, 15) is 4.79 Å². The Kier molecular flexibility index (Phi) is 6.88. The number of benzene rings is 2. The van der Waals surface area contributed by atoms with Gasteiger partial charge in [0.05, 0.1) is 4.91 Å². The van der Waals surface area contributed by atoms with E-state index in [2.05, 4.69) is 69.9 Å². The lowest BCUT2D eigenvalue weighted by Gasteiger charge is -2.36. The molecule has 2 heterocycles. The van der Waals surface area contributed by atoms with E-state index >= 15 is 0 Å². The van der Waals surface area contributed by atoms with E-state index in [4.69, 9.17) is 11.6 Å². The largest absolute Gasteiger partial charge is 0.372 e. The average Bonchev–Trinajstić information content (AvgIpc) is 3.16. The minimum atomic E-state index is -0.145. The molecule has 2 aliphatic heterocycles. The van der Waals surface area contributed by atoms with Gasteiger partial charge in [0, 0.05) is 55.7 Å². The molecule has 0 N–H and O–H groups in total. The maximum Gasteiger partial charge on any atom is 0.286 e. The van der Waals surface area contributed by atoms with E-state index in [-0.39, 0.29) is 5.91 Å². The Morgan fingerprint density at radius 2 is 1.58 bits per heavy atom. The second-order valence-corrected chi connectivity index (χ2v) is 8.97. The fourth-order valence-electron chi connectivity index (χ4n) is 3.86. The zero-order chi connectivity index (χ0) is 21.8. The van der Waals surface area contributed by atoms with Gasteiger partial charge in [-0.05, 0) is 73.6 Å². The van der Waals surface area contributed by atoms with E-state index in [1.165, 1.54) is 23.1 Å². The van der Waals surface area contributed by atoms with Crippen molar-refractivity contribution in [2.75, 3.05) is 49.1 Å². The Balaban J connectivity index is 1.37. The summed E-state index contributed by atoms with van der Waals surface area (Å²) < 4.78 is 0. The van der Waals surface area contributed by atoms with Crippen molar-refractivity contribution in [3.63, 3.8) is 0 Å². The molecular weight excluding hydrogens is 428 g/mol. The molecule has 5 nitrogen and oxygen atoms in total. The molecule has 0 spiro atoms. The van der Waals surface area contributed by atoms with Crippen LogP contribution in [0.15, 0.2) is 58.4 Å². The molecular formula is C24H27ClN4OS. The highest BCUT2D eigenvalue weighted by atomic mass is 35.5. The summed E-state index contributed by atoms with van der Waals surface area (Å²) in [6, 6.07) is 16.3. The maximum absolute atomic E-state index is 12.5. The fourth-order valence-corrected chi connectivity index (χ4v) is 4.95. The van der Waals surface area contributed by atoms with Crippen molar-refractivity contribution in [3.8, 4) is 0 Å². The zero-order valence-corrected chi connectivity index (χ0v) is 19.5. The number of amides is 1. The first-order valence-electron chi connectivity index (χ1n) is 10.7. The van der Waals surface area contributed by atoms with E-state index in [1.807, 2.05) is 18.2 Å². The van der Waals surface area contributed by atoms with Crippen LogP contribution >= 0.6 is 23.4 Å². The molecule has 0 radical (unpaired) electrons. The minimum Gasteiger partial charge on any atom is -0.372 e. The second kappa shape index (κ2) is 9.79. The van der Waals surface area contributed by atoms with Crippen LogP contribution < -0.4 is 9.80 Å². The lowest BCUT2D eigenvalue weighted by atomic mass is 10.2. The first-order chi connectivity index (χ1) is 15.1. The number of aliphatic imine (C=N–C) groups is 1. The van der Waals surface area contributed by atoms with Gasteiger partial charge in [-0.2, -0.15) is 4.99 Å². The van der Waals surface area contributed by atoms with Gasteiger partial charge in [-0.3, -0.25) is 4.79 Å². The molecule has 0 bridgehead atoms. The lowest BCUT2D eigenvalue weighted by molar-refractivity contribution is -0.113. The van der Waals surface area contributed by atoms with Crippen molar-refractivity contribution in [2.24, 2.45) is 4.99 Å². The number of carbonyl (C=O) groups excluding carboxylic acids is 1. The van der Waals surface area contributed by atoms with Crippen molar-refractivity contribution >= 4 is 51.9 Å². The van der Waals surface area contributed by atoms with Gasteiger partial charge in [0.1, 0.15) is 0 Å². The molecule has 31 heavy (non-hydrogen) atoms. The standard InChI is InChI=1S/C24H27ClN4OS/c1-3-27(4-2)20-9-5-18(6-10-20)17-22-23(30)26-24(31-22)29-15-13-28(14-16-29)21-11-7-19(25)8-12-21/h5-12,17H,3-4,13-16H2,1-2H3/b22-17-. The molecule has 2 aliphatic rings. The number of piperazine rings is 1. The number of nitrogens with zero attached hydrogens (tertiary/aromatic N) is 4. The highest BCUT2D eigenvalue weighted by molar-refractivity contribution is 8.18. The number of halogens is 1. The molecule has 4 rings (SSSR count). The van der Waals surface area contributed by atoms with Gasteiger partial charge in [-0.1, -0.05) is 23.7 Å². The van der Waals surface area contributed by atoms with Crippen LogP contribution in [0, 0.1) is 0 Å². The zero-order valence-electron chi connectivity index (χ0n) is 17.9. The number of amidine groups is 1. The number of hydrogen-bond acceptors (Lipinski definition) is 5. The highest BCUT2D eigenvalue weighted by Crippen LogP contribution is 2.31. The van der Waals surface area contributed by atoms with Crippen LogP contribution in [0.3, 0.4) is 0 Å². The number of thioether (sulfide) groups is 1. The van der Waals surface area contributed by atoms with E-state index < -0.39 is 0 Å². The monoisotopic (exact) mass is 454 g/mol. The van der Waals surface area contributed by atoms with Gasteiger partial charge in [-0.25, -0.2) is 0 Å². The predicted molar refractivity (Wildman–Crippen MR) is 133 cm³/mol. The smallest absolute Gasteiger partial charge is 0.286 e. The third kappa shape index (κ3) is 5.08. The average molecular weight is 455 g/mol. The summed E-state index contributed by atoms with van der Waals surface area (Å²) in [6.45, 7) is 9.73. The Labute approximate surface area is 193 Å². The third-order valence-corrected chi connectivity index (χ3v) is 6.97. The first-order valence-corrected chi connectivity index (χ1v) is 11.9. The Hall–Kier alpha value is -2.44. The third-order valence-electron chi connectivity index (χ3n) is 5.67. The van der Waals surface area contributed by atoms with E-state index in [0.29, 0.717) is 4.91 Å². The van der Waals surface area contributed by atoms with Gasteiger partial charge >= 0.3 is 0 Å². The van der Waals surface area contributed by atoms with Crippen LogP contribution in [0.4, 0.5) is 11.4 Å². The van der Waals surface area contributed by atoms with Gasteiger partial charge in [0.25, 0.3) is 5.91 Å². The van der Waals surface area contributed by atoms with Crippen LogP contribution in [-0.2, 0) is 4.79 Å². The molecule has 0 aromatic heterocycles. The molecule has 162 valence electrons. The van der Waals surface area contributed by atoms with Gasteiger partial charge in [-0.15, -0.1) is 0 Å².